The van der Waals surface area contributed by atoms with E-state index in [1.807, 2.05) is 31.2 Å². The van der Waals surface area contributed by atoms with Gasteiger partial charge in [-0.15, -0.1) is 0 Å². The number of carbonyl (C=O) groups is 2. The minimum atomic E-state index is -0.0878. The van der Waals surface area contributed by atoms with Gasteiger partial charge in [-0.2, -0.15) is 0 Å². The van der Waals surface area contributed by atoms with Crippen LogP contribution in [-0.4, -0.2) is 36.2 Å². The standard InChI is InChI=1S/C24H21ClN2O3/c1-16-5-2-3-6-20(16)23(29)17-8-9-22(18(13-17)15-28)27-12-10-19(14-27)30-24-21(25)7-4-11-26-24/h2-9,11,13,15,19H,10,12,14H2,1H3/t19-/m0/s1. The minimum Gasteiger partial charge on any atom is -0.471 e. The van der Waals surface area contributed by atoms with Gasteiger partial charge < -0.3 is 9.64 Å². The van der Waals surface area contributed by atoms with Crippen LogP contribution in [0.5, 0.6) is 5.88 Å². The highest BCUT2D eigenvalue weighted by Gasteiger charge is 2.27. The Bertz CT molecular complexity index is 1100. The zero-order valence-corrected chi connectivity index (χ0v) is 17.3. The van der Waals surface area contributed by atoms with Crippen LogP contribution in [0.1, 0.15) is 38.3 Å². The molecular weight excluding hydrogens is 400 g/mol. The highest BCUT2D eigenvalue weighted by atomic mass is 35.5. The molecule has 0 radical (unpaired) electrons. The van der Waals surface area contributed by atoms with E-state index in [0.29, 0.717) is 34.1 Å². The molecule has 0 aliphatic carbocycles. The molecule has 0 N–H and O–H groups in total. The van der Waals surface area contributed by atoms with Crippen molar-refractivity contribution in [1.29, 1.82) is 0 Å². The van der Waals surface area contributed by atoms with Crippen LogP contribution in [0.2, 0.25) is 5.02 Å². The second-order valence-corrected chi connectivity index (χ2v) is 7.71. The molecule has 1 atom stereocenters. The van der Waals surface area contributed by atoms with Crippen LogP contribution in [0.3, 0.4) is 0 Å². The molecule has 1 aliphatic rings. The van der Waals surface area contributed by atoms with Crippen LogP contribution in [-0.2, 0) is 0 Å². The maximum atomic E-state index is 12.9. The fourth-order valence-corrected chi connectivity index (χ4v) is 3.89. The predicted molar refractivity (Wildman–Crippen MR) is 117 cm³/mol. The number of hydrogen-bond donors (Lipinski definition) is 0. The number of aromatic nitrogens is 1. The summed E-state index contributed by atoms with van der Waals surface area (Å²) in [5.74, 6) is 0.330. The zero-order chi connectivity index (χ0) is 21.1. The number of nitrogens with zero attached hydrogens (tertiary/aromatic N) is 2. The number of anilines is 1. The molecule has 4 rings (SSSR count). The second-order valence-electron chi connectivity index (χ2n) is 7.30. The molecule has 0 spiro atoms. The van der Waals surface area contributed by atoms with E-state index in [9.17, 15) is 9.59 Å². The van der Waals surface area contributed by atoms with E-state index in [-0.39, 0.29) is 11.9 Å². The number of rotatable bonds is 6. The molecule has 6 heteroatoms. The van der Waals surface area contributed by atoms with Gasteiger partial charge in [-0.05, 0) is 42.8 Å². The summed E-state index contributed by atoms with van der Waals surface area (Å²) in [7, 11) is 0. The molecule has 30 heavy (non-hydrogen) atoms. The van der Waals surface area contributed by atoms with Gasteiger partial charge in [-0.3, -0.25) is 9.59 Å². The molecule has 0 saturated carbocycles. The van der Waals surface area contributed by atoms with Crippen LogP contribution < -0.4 is 9.64 Å². The topological polar surface area (TPSA) is 59.5 Å². The van der Waals surface area contributed by atoms with Gasteiger partial charge in [0.2, 0.25) is 5.88 Å². The van der Waals surface area contributed by atoms with Crippen molar-refractivity contribution in [3.8, 4) is 5.88 Å². The van der Waals surface area contributed by atoms with E-state index < -0.39 is 0 Å². The maximum Gasteiger partial charge on any atom is 0.232 e. The van der Waals surface area contributed by atoms with E-state index in [1.54, 1.807) is 36.5 Å². The first-order valence-electron chi connectivity index (χ1n) is 9.78. The van der Waals surface area contributed by atoms with E-state index in [0.717, 1.165) is 30.5 Å². The zero-order valence-electron chi connectivity index (χ0n) is 16.5. The molecule has 2 heterocycles. The number of hydrogen-bond acceptors (Lipinski definition) is 5. The number of halogens is 1. The molecule has 1 aliphatic heterocycles. The highest BCUT2D eigenvalue weighted by molar-refractivity contribution is 6.31. The summed E-state index contributed by atoms with van der Waals surface area (Å²) in [6, 6.07) is 16.2. The molecule has 5 nitrogen and oxygen atoms in total. The number of aryl methyl sites for hydroxylation is 1. The third kappa shape index (κ3) is 4.07. The van der Waals surface area contributed by atoms with Crippen molar-refractivity contribution < 1.29 is 14.3 Å². The first-order chi connectivity index (χ1) is 14.6. The van der Waals surface area contributed by atoms with Gasteiger partial charge in [-0.25, -0.2) is 4.98 Å². The third-order valence-electron chi connectivity index (χ3n) is 5.30. The van der Waals surface area contributed by atoms with Gasteiger partial charge in [-0.1, -0.05) is 35.9 Å². The number of pyridine rings is 1. The summed E-state index contributed by atoms with van der Waals surface area (Å²) >= 11 is 6.13. The van der Waals surface area contributed by atoms with Gasteiger partial charge >= 0.3 is 0 Å². The van der Waals surface area contributed by atoms with Gasteiger partial charge in [0, 0.05) is 41.5 Å². The van der Waals surface area contributed by atoms with E-state index in [1.165, 1.54) is 0 Å². The molecular formula is C24H21ClN2O3. The van der Waals surface area contributed by atoms with Gasteiger partial charge in [0.25, 0.3) is 0 Å². The van der Waals surface area contributed by atoms with Crippen molar-refractivity contribution in [1.82, 2.24) is 4.98 Å². The van der Waals surface area contributed by atoms with Gasteiger partial charge in [0.1, 0.15) is 11.1 Å². The molecule has 1 aromatic heterocycles. The third-order valence-corrected chi connectivity index (χ3v) is 5.58. The summed E-state index contributed by atoms with van der Waals surface area (Å²) in [6.07, 6.45) is 3.15. The number of benzene rings is 2. The van der Waals surface area contributed by atoms with Crippen LogP contribution >= 0.6 is 11.6 Å². The van der Waals surface area contributed by atoms with Crippen molar-refractivity contribution >= 4 is 29.4 Å². The van der Waals surface area contributed by atoms with Crippen molar-refractivity contribution in [2.75, 3.05) is 18.0 Å². The predicted octanol–water partition coefficient (Wildman–Crippen LogP) is 4.74. The molecule has 0 amide bonds. The van der Waals surface area contributed by atoms with Crippen LogP contribution in [0.15, 0.2) is 60.8 Å². The quantitative estimate of drug-likeness (QED) is 0.425. The lowest BCUT2D eigenvalue weighted by atomic mass is 9.97. The summed E-state index contributed by atoms with van der Waals surface area (Å²) in [4.78, 5) is 30.9. The summed E-state index contributed by atoms with van der Waals surface area (Å²) in [5, 5.41) is 0.476. The second kappa shape index (κ2) is 8.67. The molecule has 152 valence electrons. The molecule has 0 bridgehead atoms. The Hall–Kier alpha value is -3.18. The van der Waals surface area contributed by atoms with E-state index in [4.69, 9.17) is 16.3 Å². The number of aldehydes is 1. The average molecular weight is 421 g/mol. The lowest BCUT2D eigenvalue weighted by molar-refractivity contribution is 0.103. The Balaban J connectivity index is 1.53. The van der Waals surface area contributed by atoms with Gasteiger partial charge in [0.15, 0.2) is 12.1 Å². The van der Waals surface area contributed by atoms with Crippen molar-refractivity contribution in [2.24, 2.45) is 0 Å². The SMILES string of the molecule is Cc1ccccc1C(=O)c1ccc(N2CC[C@H](Oc3ncccc3Cl)C2)c(C=O)c1. The smallest absolute Gasteiger partial charge is 0.232 e. The molecule has 2 aromatic carbocycles. The summed E-state index contributed by atoms with van der Waals surface area (Å²) in [6.45, 7) is 3.25. The monoisotopic (exact) mass is 420 g/mol. The fraction of sp³-hybridized carbons (Fsp3) is 0.208. The van der Waals surface area contributed by atoms with Gasteiger partial charge in [0.05, 0.1) is 6.54 Å². The van der Waals surface area contributed by atoms with Crippen LogP contribution in [0.4, 0.5) is 5.69 Å². The first kappa shape index (κ1) is 20.1. The summed E-state index contributed by atoms with van der Waals surface area (Å²) in [5.41, 5.74) is 3.34. The number of ether oxygens (including phenoxy) is 1. The Kier molecular flexibility index (Phi) is 5.81. The van der Waals surface area contributed by atoms with Crippen LogP contribution in [0.25, 0.3) is 0 Å². The largest absolute Gasteiger partial charge is 0.471 e. The Morgan fingerprint density at radius 3 is 2.80 bits per heavy atom. The normalized spacial score (nSPS) is 15.8. The Morgan fingerprint density at radius 1 is 1.20 bits per heavy atom. The van der Waals surface area contributed by atoms with E-state index in [2.05, 4.69) is 9.88 Å². The van der Waals surface area contributed by atoms with E-state index >= 15 is 0 Å². The molecule has 1 saturated heterocycles. The van der Waals surface area contributed by atoms with Crippen LogP contribution in [0, 0.1) is 6.92 Å². The number of ketones is 1. The van der Waals surface area contributed by atoms with Crippen molar-refractivity contribution in [2.45, 2.75) is 19.4 Å². The lowest BCUT2D eigenvalue weighted by Crippen LogP contribution is -2.25. The maximum absolute atomic E-state index is 12.9. The Labute approximate surface area is 180 Å². The van der Waals surface area contributed by atoms with Crippen molar-refractivity contribution in [3.63, 3.8) is 0 Å². The molecule has 3 aromatic rings. The van der Waals surface area contributed by atoms with Crippen molar-refractivity contribution in [3.05, 3.63) is 88.1 Å². The first-order valence-corrected chi connectivity index (χ1v) is 10.2. The molecule has 1 fully saturated rings. The minimum absolute atomic E-state index is 0.0785. The summed E-state index contributed by atoms with van der Waals surface area (Å²) < 4.78 is 5.94. The fourth-order valence-electron chi connectivity index (χ4n) is 3.72. The highest BCUT2D eigenvalue weighted by Crippen LogP contribution is 2.29. The number of carbonyl (C=O) groups excluding carboxylic acids is 2. The lowest BCUT2D eigenvalue weighted by Gasteiger charge is -2.21. The average Bonchev–Trinajstić information content (AvgIpc) is 3.23. The molecule has 0 unspecified atom stereocenters. The Morgan fingerprint density at radius 2 is 2.03 bits per heavy atom.